The van der Waals surface area contributed by atoms with Gasteiger partial charge in [-0.05, 0) is 19.8 Å². The molecule has 0 spiro atoms. The minimum absolute atomic E-state index is 0.0629. The van der Waals surface area contributed by atoms with Gasteiger partial charge in [-0.2, -0.15) is 0 Å². The quantitative estimate of drug-likeness (QED) is 0.706. The molecule has 0 aromatic rings. The van der Waals surface area contributed by atoms with E-state index in [9.17, 15) is 4.79 Å². The molecule has 1 atom stereocenters. The molecule has 0 bridgehead atoms. The summed E-state index contributed by atoms with van der Waals surface area (Å²) < 4.78 is 5.60. The molecule has 82 valence electrons. The van der Waals surface area contributed by atoms with Crippen LogP contribution in [0.4, 0.5) is 0 Å². The van der Waals surface area contributed by atoms with Gasteiger partial charge in [0.05, 0.1) is 12.1 Å². The average Bonchev–Trinajstić information content (AvgIpc) is 2.52. The Morgan fingerprint density at radius 3 is 2.79 bits per heavy atom. The van der Waals surface area contributed by atoms with E-state index in [4.69, 9.17) is 4.74 Å². The summed E-state index contributed by atoms with van der Waals surface area (Å²) in [5.74, 6) is 0.103. The van der Waals surface area contributed by atoms with Crippen LogP contribution in [0.1, 0.15) is 19.8 Å². The van der Waals surface area contributed by atoms with Crippen LogP contribution in [0.25, 0.3) is 0 Å². The Labute approximate surface area is 85.6 Å². The predicted octanol–water partition coefficient (Wildman–Crippen LogP) is 0.233. The van der Waals surface area contributed by atoms with Gasteiger partial charge in [0.15, 0.2) is 0 Å². The highest BCUT2D eigenvalue weighted by Crippen LogP contribution is 2.23. The first kappa shape index (κ1) is 11.5. The van der Waals surface area contributed by atoms with Crippen LogP contribution in [-0.2, 0) is 9.53 Å². The number of carbonyl (C=O) groups excluding carboxylic acids is 1. The van der Waals surface area contributed by atoms with Crippen molar-refractivity contribution in [2.75, 3.05) is 33.8 Å². The van der Waals surface area contributed by atoms with E-state index in [0.29, 0.717) is 6.54 Å². The first-order valence-corrected chi connectivity index (χ1v) is 5.08. The molecule has 1 N–H and O–H groups in total. The van der Waals surface area contributed by atoms with Crippen LogP contribution >= 0.6 is 0 Å². The van der Waals surface area contributed by atoms with Gasteiger partial charge in [-0.25, -0.2) is 0 Å². The minimum Gasteiger partial charge on any atom is -0.374 e. The normalized spacial score (nSPS) is 26.5. The molecular weight excluding hydrogens is 180 g/mol. The number of likely N-dealkylation sites (N-methyl/N-ethyl adjacent to an activating group) is 1. The molecule has 4 nitrogen and oxygen atoms in total. The van der Waals surface area contributed by atoms with Crippen molar-refractivity contribution >= 4 is 5.91 Å². The van der Waals surface area contributed by atoms with E-state index >= 15 is 0 Å². The van der Waals surface area contributed by atoms with Crippen LogP contribution in [0, 0.1) is 0 Å². The summed E-state index contributed by atoms with van der Waals surface area (Å²) in [6, 6.07) is 0. The van der Waals surface area contributed by atoms with Gasteiger partial charge in [0.2, 0.25) is 5.91 Å². The van der Waals surface area contributed by atoms with Gasteiger partial charge in [0.1, 0.15) is 0 Å². The predicted molar refractivity (Wildman–Crippen MR) is 55.2 cm³/mol. The third kappa shape index (κ3) is 3.27. The van der Waals surface area contributed by atoms with Crippen molar-refractivity contribution in [1.29, 1.82) is 0 Å². The van der Waals surface area contributed by atoms with Gasteiger partial charge in [-0.3, -0.25) is 4.79 Å². The van der Waals surface area contributed by atoms with Gasteiger partial charge in [-0.15, -0.1) is 0 Å². The molecule has 0 radical (unpaired) electrons. The molecule has 1 aliphatic rings. The van der Waals surface area contributed by atoms with E-state index in [1.165, 1.54) is 0 Å². The van der Waals surface area contributed by atoms with Crippen LogP contribution < -0.4 is 5.32 Å². The third-order valence-corrected chi connectivity index (χ3v) is 2.57. The van der Waals surface area contributed by atoms with E-state index < -0.39 is 0 Å². The fraction of sp³-hybridized carbons (Fsp3) is 0.900. The zero-order valence-corrected chi connectivity index (χ0v) is 9.30. The van der Waals surface area contributed by atoms with Crippen LogP contribution in [0.5, 0.6) is 0 Å². The highest BCUT2D eigenvalue weighted by atomic mass is 16.5. The molecular formula is C10H20N2O2. The lowest BCUT2D eigenvalue weighted by molar-refractivity contribution is -0.127. The molecule has 4 heteroatoms. The summed E-state index contributed by atoms with van der Waals surface area (Å²) in [7, 11) is 3.52. The van der Waals surface area contributed by atoms with Gasteiger partial charge in [0.25, 0.3) is 0 Å². The lowest BCUT2D eigenvalue weighted by Gasteiger charge is -2.23. The number of carbonyl (C=O) groups is 1. The lowest BCUT2D eigenvalue weighted by atomic mass is 10.0. The summed E-state index contributed by atoms with van der Waals surface area (Å²) in [5.41, 5.74) is -0.0629. The maximum atomic E-state index is 11.2. The van der Waals surface area contributed by atoms with E-state index in [2.05, 4.69) is 12.2 Å². The maximum absolute atomic E-state index is 11.2. The highest BCUT2D eigenvalue weighted by Gasteiger charge is 2.29. The fourth-order valence-corrected chi connectivity index (χ4v) is 1.57. The van der Waals surface area contributed by atoms with Gasteiger partial charge < -0.3 is 15.0 Å². The molecule has 1 unspecified atom stereocenters. The van der Waals surface area contributed by atoms with Crippen molar-refractivity contribution < 1.29 is 9.53 Å². The molecule has 1 rings (SSSR count). The van der Waals surface area contributed by atoms with Crippen molar-refractivity contribution in [2.45, 2.75) is 25.4 Å². The van der Waals surface area contributed by atoms with Crippen molar-refractivity contribution in [3.63, 3.8) is 0 Å². The second-order valence-corrected chi connectivity index (χ2v) is 4.29. The maximum Gasteiger partial charge on any atom is 0.236 e. The average molecular weight is 200 g/mol. The third-order valence-electron chi connectivity index (χ3n) is 2.57. The number of nitrogens with zero attached hydrogens (tertiary/aromatic N) is 1. The van der Waals surface area contributed by atoms with Crippen LogP contribution in [0.15, 0.2) is 0 Å². The lowest BCUT2D eigenvalue weighted by Crippen LogP contribution is -2.41. The van der Waals surface area contributed by atoms with E-state index in [-0.39, 0.29) is 11.5 Å². The number of ether oxygens (including phenoxy) is 1. The Morgan fingerprint density at radius 2 is 2.29 bits per heavy atom. The summed E-state index contributed by atoms with van der Waals surface area (Å²) >= 11 is 0. The number of hydrogen-bond donors (Lipinski definition) is 1. The standard InChI is InChI=1S/C10H20N2O2/c1-10(5-4-6-14-10)8-11-7-9(13)12(2)3/h11H,4-8H2,1-3H3. The number of hydrogen-bond acceptors (Lipinski definition) is 3. The summed E-state index contributed by atoms with van der Waals surface area (Å²) in [5, 5.41) is 3.13. The molecule has 14 heavy (non-hydrogen) atoms. The van der Waals surface area contributed by atoms with Crippen molar-refractivity contribution in [1.82, 2.24) is 10.2 Å². The Kier molecular flexibility index (Phi) is 3.89. The molecule has 0 aromatic carbocycles. The number of amides is 1. The summed E-state index contributed by atoms with van der Waals surface area (Å²) in [6.45, 7) is 4.09. The smallest absolute Gasteiger partial charge is 0.236 e. The zero-order valence-electron chi connectivity index (χ0n) is 9.30. The van der Waals surface area contributed by atoms with Crippen LogP contribution in [0.3, 0.4) is 0 Å². The largest absolute Gasteiger partial charge is 0.374 e. The molecule has 0 aromatic heterocycles. The fourth-order valence-electron chi connectivity index (χ4n) is 1.57. The summed E-state index contributed by atoms with van der Waals surface area (Å²) in [4.78, 5) is 12.8. The molecule has 1 saturated heterocycles. The second kappa shape index (κ2) is 4.75. The molecule has 0 aliphatic carbocycles. The minimum atomic E-state index is -0.0629. The molecule has 1 fully saturated rings. The monoisotopic (exact) mass is 200 g/mol. The van der Waals surface area contributed by atoms with Gasteiger partial charge in [-0.1, -0.05) is 0 Å². The topological polar surface area (TPSA) is 41.6 Å². The SMILES string of the molecule is CN(C)C(=O)CNCC1(C)CCCO1. The van der Waals surface area contributed by atoms with E-state index in [0.717, 1.165) is 26.0 Å². The van der Waals surface area contributed by atoms with Crippen LogP contribution in [0.2, 0.25) is 0 Å². The Hall–Kier alpha value is -0.610. The van der Waals surface area contributed by atoms with E-state index in [1.54, 1.807) is 19.0 Å². The molecule has 1 amide bonds. The van der Waals surface area contributed by atoms with Gasteiger partial charge in [0, 0.05) is 27.2 Å². The first-order chi connectivity index (χ1) is 6.53. The molecule has 1 heterocycles. The second-order valence-electron chi connectivity index (χ2n) is 4.29. The van der Waals surface area contributed by atoms with E-state index in [1.807, 2.05) is 0 Å². The zero-order chi connectivity index (χ0) is 10.6. The van der Waals surface area contributed by atoms with Crippen molar-refractivity contribution in [3.8, 4) is 0 Å². The van der Waals surface area contributed by atoms with Gasteiger partial charge >= 0.3 is 0 Å². The van der Waals surface area contributed by atoms with Crippen molar-refractivity contribution in [2.24, 2.45) is 0 Å². The number of rotatable bonds is 4. The highest BCUT2D eigenvalue weighted by molar-refractivity contribution is 5.77. The Morgan fingerprint density at radius 1 is 1.57 bits per heavy atom. The number of nitrogens with one attached hydrogen (secondary N) is 1. The first-order valence-electron chi connectivity index (χ1n) is 5.08. The molecule has 0 saturated carbocycles. The Bertz CT molecular complexity index is 198. The van der Waals surface area contributed by atoms with Crippen molar-refractivity contribution in [3.05, 3.63) is 0 Å². The van der Waals surface area contributed by atoms with Crippen LogP contribution in [-0.4, -0.2) is 50.2 Å². The Balaban J connectivity index is 2.17. The molecule has 1 aliphatic heterocycles. The summed E-state index contributed by atoms with van der Waals surface area (Å²) in [6.07, 6.45) is 2.20.